The molecule has 2 amide bonds. The van der Waals surface area contributed by atoms with E-state index in [0.717, 1.165) is 22.5 Å². The molecule has 6 heteroatoms. The average Bonchev–Trinajstić information content (AvgIpc) is 3.17. The maximum absolute atomic E-state index is 12.4. The van der Waals surface area contributed by atoms with Gasteiger partial charge in [-0.3, -0.25) is 9.59 Å². The number of hydrogen-bond acceptors (Lipinski definition) is 3. The maximum atomic E-state index is 12.4. The van der Waals surface area contributed by atoms with Gasteiger partial charge in [-0.15, -0.1) is 0 Å². The van der Waals surface area contributed by atoms with Crippen molar-refractivity contribution in [2.45, 2.75) is 0 Å². The molecular weight excluding hydrogens is 364 g/mol. The lowest BCUT2D eigenvalue weighted by Crippen LogP contribution is -2.36. The van der Waals surface area contributed by atoms with Crippen molar-refractivity contribution < 1.29 is 9.59 Å². The van der Waals surface area contributed by atoms with Crippen molar-refractivity contribution in [1.82, 2.24) is 19.6 Å². The molecule has 2 aromatic carbocycles. The molecule has 0 aliphatic carbocycles. The SMILES string of the molecule is CN(C)C(=O)CN(C)C(=O)/C=C/c1cn(-c2ccccc2)nc1-c1ccccc1. The molecule has 0 atom stereocenters. The van der Waals surface area contributed by atoms with Crippen LogP contribution in [0.1, 0.15) is 5.56 Å². The molecule has 0 aliphatic heterocycles. The molecule has 0 spiro atoms. The molecule has 3 aromatic rings. The van der Waals surface area contributed by atoms with Crippen LogP contribution in [0.15, 0.2) is 72.9 Å². The number of para-hydroxylation sites is 1. The van der Waals surface area contributed by atoms with Gasteiger partial charge < -0.3 is 9.80 Å². The number of benzene rings is 2. The Morgan fingerprint density at radius 3 is 2.21 bits per heavy atom. The van der Waals surface area contributed by atoms with E-state index in [2.05, 4.69) is 0 Å². The predicted molar refractivity (Wildman–Crippen MR) is 114 cm³/mol. The second-order valence-electron chi connectivity index (χ2n) is 6.89. The van der Waals surface area contributed by atoms with Crippen molar-refractivity contribution in [3.05, 3.63) is 78.5 Å². The zero-order valence-corrected chi connectivity index (χ0v) is 16.8. The number of rotatable bonds is 6. The van der Waals surface area contributed by atoms with E-state index in [1.807, 2.05) is 66.9 Å². The minimum atomic E-state index is -0.244. The Morgan fingerprint density at radius 1 is 0.966 bits per heavy atom. The Bertz CT molecular complexity index is 1010. The fourth-order valence-electron chi connectivity index (χ4n) is 2.75. The van der Waals surface area contributed by atoms with Crippen molar-refractivity contribution in [3.63, 3.8) is 0 Å². The van der Waals surface area contributed by atoms with Crippen LogP contribution in [0, 0.1) is 0 Å². The third-order valence-corrected chi connectivity index (χ3v) is 4.46. The number of carbonyl (C=O) groups excluding carboxylic acids is 2. The first-order valence-electron chi connectivity index (χ1n) is 9.29. The highest BCUT2D eigenvalue weighted by molar-refractivity contribution is 5.95. The van der Waals surface area contributed by atoms with Crippen molar-refractivity contribution in [2.24, 2.45) is 0 Å². The van der Waals surface area contributed by atoms with Crippen LogP contribution in [-0.4, -0.2) is 59.1 Å². The van der Waals surface area contributed by atoms with Crippen LogP contribution in [0.5, 0.6) is 0 Å². The molecule has 6 nitrogen and oxygen atoms in total. The zero-order valence-electron chi connectivity index (χ0n) is 16.8. The van der Waals surface area contributed by atoms with E-state index in [0.29, 0.717) is 0 Å². The molecule has 0 N–H and O–H groups in total. The number of amides is 2. The Labute approximate surface area is 170 Å². The van der Waals surface area contributed by atoms with E-state index >= 15 is 0 Å². The Balaban J connectivity index is 1.89. The largest absolute Gasteiger partial charge is 0.347 e. The van der Waals surface area contributed by atoms with E-state index in [4.69, 9.17) is 5.10 Å². The highest BCUT2D eigenvalue weighted by Gasteiger charge is 2.14. The van der Waals surface area contributed by atoms with E-state index in [1.165, 1.54) is 15.9 Å². The lowest BCUT2D eigenvalue weighted by molar-refractivity contribution is -0.135. The van der Waals surface area contributed by atoms with Gasteiger partial charge in [0.15, 0.2) is 0 Å². The Hall–Kier alpha value is -3.67. The molecule has 148 valence electrons. The molecule has 0 radical (unpaired) electrons. The summed E-state index contributed by atoms with van der Waals surface area (Å²) in [6, 6.07) is 19.6. The van der Waals surface area contributed by atoms with Crippen LogP contribution < -0.4 is 0 Å². The predicted octanol–water partition coefficient (Wildman–Crippen LogP) is 3.10. The number of nitrogens with zero attached hydrogens (tertiary/aromatic N) is 4. The van der Waals surface area contributed by atoms with E-state index < -0.39 is 0 Å². The molecule has 0 aliphatic rings. The molecule has 1 heterocycles. The molecule has 0 bridgehead atoms. The van der Waals surface area contributed by atoms with Crippen LogP contribution in [-0.2, 0) is 9.59 Å². The van der Waals surface area contributed by atoms with Gasteiger partial charge in [-0.1, -0.05) is 48.5 Å². The van der Waals surface area contributed by atoms with Crippen LogP contribution in [0.3, 0.4) is 0 Å². The zero-order chi connectivity index (χ0) is 20.8. The van der Waals surface area contributed by atoms with Gasteiger partial charge in [0.05, 0.1) is 17.9 Å². The standard InChI is InChI=1S/C23H24N4O2/c1-25(2)22(29)17-26(3)21(28)15-14-19-16-27(20-12-8-5-9-13-20)24-23(19)18-10-6-4-7-11-18/h4-16H,17H2,1-3H3/b15-14+. The summed E-state index contributed by atoms with van der Waals surface area (Å²) in [5.74, 6) is -0.372. The number of aromatic nitrogens is 2. The van der Waals surface area contributed by atoms with Crippen molar-refractivity contribution in [1.29, 1.82) is 0 Å². The van der Waals surface area contributed by atoms with E-state index in [9.17, 15) is 9.59 Å². The Morgan fingerprint density at radius 2 is 1.59 bits per heavy atom. The van der Waals surface area contributed by atoms with Crippen LogP contribution in [0.4, 0.5) is 0 Å². The monoisotopic (exact) mass is 388 g/mol. The van der Waals surface area contributed by atoms with Gasteiger partial charge in [-0.25, -0.2) is 4.68 Å². The van der Waals surface area contributed by atoms with Gasteiger partial charge in [0.25, 0.3) is 0 Å². The summed E-state index contributed by atoms with van der Waals surface area (Å²) in [6.07, 6.45) is 5.11. The van der Waals surface area contributed by atoms with E-state index in [1.54, 1.807) is 31.9 Å². The van der Waals surface area contributed by atoms with Crippen LogP contribution >= 0.6 is 0 Å². The molecule has 3 rings (SSSR count). The smallest absolute Gasteiger partial charge is 0.246 e. The van der Waals surface area contributed by atoms with Gasteiger partial charge in [-0.05, 0) is 18.2 Å². The Kier molecular flexibility index (Phi) is 6.24. The fraction of sp³-hybridized carbons (Fsp3) is 0.174. The van der Waals surface area contributed by atoms with Crippen molar-refractivity contribution in [2.75, 3.05) is 27.7 Å². The summed E-state index contributed by atoms with van der Waals surface area (Å²) in [5, 5.41) is 4.72. The van der Waals surface area contributed by atoms with E-state index in [-0.39, 0.29) is 18.4 Å². The normalized spacial score (nSPS) is 10.9. The molecular formula is C23H24N4O2. The van der Waals surface area contributed by atoms with Gasteiger partial charge >= 0.3 is 0 Å². The molecule has 0 unspecified atom stereocenters. The van der Waals surface area contributed by atoms with Crippen molar-refractivity contribution in [3.8, 4) is 16.9 Å². The first-order valence-corrected chi connectivity index (χ1v) is 9.29. The third kappa shape index (κ3) is 4.99. The quantitative estimate of drug-likeness (QED) is 0.610. The minimum absolute atomic E-state index is 0.0327. The highest BCUT2D eigenvalue weighted by atomic mass is 16.2. The highest BCUT2D eigenvalue weighted by Crippen LogP contribution is 2.24. The summed E-state index contributed by atoms with van der Waals surface area (Å²) in [5.41, 5.74) is 3.50. The number of carbonyl (C=O) groups is 2. The fourth-order valence-corrected chi connectivity index (χ4v) is 2.75. The summed E-state index contributed by atoms with van der Waals surface area (Å²) < 4.78 is 1.80. The van der Waals surface area contributed by atoms with Crippen LogP contribution in [0.25, 0.3) is 23.0 Å². The van der Waals surface area contributed by atoms with Crippen molar-refractivity contribution >= 4 is 17.9 Å². The molecule has 29 heavy (non-hydrogen) atoms. The third-order valence-electron chi connectivity index (χ3n) is 4.46. The lowest BCUT2D eigenvalue weighted by atomic mass is 10.1. The van der Waals surface area contributed by atoms with Gasteiger partial charge in [0.1, 0.15) is 0 Å². The van der Waals surface area contributed by atoms with Gasteiger partial charge in [0, 0.05) is 44.5 Å². The van der Waals surface area contributed by atoms with Crippen LogP contribution in [0.2, 0.25) is 0 Å². The molecule has 0 saturated heterocycles. The second kappa shape index (κ2) is 9.01. The van der Waals surface area contributed by atoms with Gasteiger partial charge in [-0.2, -0.15) is 5.10 Å². The topological polar surface area (TPSA) is 58.4 Å². The molecule has 0 saturated carbocycles. The summed E-state index contributed by atoms with van der Waals surface area (Å²) >= 11 is 0. The summed E-state index contributed by atoms with van der Waals surface area (Å²) in [6.45, 7) is 0.0327. The second-order valence-corrected chi connectivity index (χ2v) is 6.89. The lowest BCUT2D eigenvalue weighted by Gasteiger charge is -2.17. The number of likely N-dealkylation sites (N-methyl/N-ethyl adjacent to an activating group) is 2. The summed E-state index contributed by atoms with van der Waals surface area (Å²) in [4.78, 5) is 27.1. The maximum Gasteiger partial charge on any atom is 0.246 e. The molecule has 1 aromatic heterocycles. The first-order chi connectivity index (χ1) is 14.0. The molecule has 0 fully saturated rings. The van der Waals surface area contributed by atoms with Gasteiger partial charge in [0.2, 0.25) is 11.8 Å². The average molecular weight is 388 g/mol. The number of hydrogen-bond donors (Lipinski definition) is 0. The minimum Gasteiger partial charge on any atom is -0.347 e. The first kappa shape index (κ1) is 20.1. The summed E-state index contributed by atoms with van der Waals surface area (Å²) in [7, 11) is 4.95.